The highest BCUT2D eigenvalue weighted by Gasteiger charge is 2.12. The van der Waals surface area contributed by atoms with Crippen LogP contribution in [-0.4, -0.2) is 31.4 Å². The number of hydrogen-bond acceptors (Lipinski definition) is 3. The number of nitrogens with one attached hydrogen (secondary N) is 1. The zero-order valence-electron chi connectivity index (χ0n) is 11.9. The van der Waals surface area contributed by atoms with Crippen LogP contribution >= 0.6 is 0 Å². The van der Waals surface area contributed by atoms with Crippen molar-refractivity contribution in [3.05, 3.63) is 29.5 Å². The summed E-state index contributed by atoms with van der Waals surface area (Å²) in [6.45, 7) is 4.47. The van der Waals surface area contributed by atoms with E-state index < -0.39 is 0 Å². The summed E-state index contributed by atoms with van der Waals surface area (Å²) in [6, 6.07) is 5.76. The lowest BCUT2D eigenvalue weighted by atomic mass is 10.1. The lowest BCUT2D eigenvalue weighted by Crippen LogP contribution is -2.15. The number of furan rings is 1. The lowest BCUT2D eigenvalue weighted by molar-refractivity contribution is -0.114. The van der Waals surface area contributed by atoms with Crippen molar-refractivity contribution in [2.45, 2.75) is 20.3 Å². The summed E-state index contributed by atoms with van der Waals surface area (Å²) in [7, 11) is 4.11. The van der Waals surface area contributed by atoms with Crippen LogP contribution in [0.2, 0.25) is 0 Å². The molecule has 0 aliphatic heterocycles. The predicted octanol–water partition coefficient (Wildman–Crippen LogP) is 2.80. The number of likely N-dealkylation sites (N-methyl/N-ethyl adjacent to an activating group) is 1. The van der Waals surface area contributed by atoms with Crippen molar-refractivity contribution < 1.29 is 9.21 Å². The molecule has 19 heavy (non-hydrogen) atoms. The number of carbonyl (C=O) groups is 1. The van der Waals surface area contributed by atoms with E-state index in [1.165, 1.54) is 12.5 Å². The van der Waals surface area contributed by atoms with Gasteiger partial charge in [-0.05, 0) is 45.6 Å². The van der Waals surface area contributed by atoms with Gasteiger partial charge < -0.3 is 14.6 Å². The molecule has 0 saturated heterocycles. The lowest BCUT2D eigenvalue weighted by Gasteiger charge is -2.09. The summed E-state index contributed by atoms with van der Waals surface area (Å²) in [5.41, 5.74) is 2.91. The molecule has 0 spiro atoms. The number of aryl methyl sites for hydroxylation is 1. The molecule has 0 bridgehead atoms. The van der Waals surface area contributed by atoms with E-state index in [-0.39, 0.29) is 5.91 Å². The number of carbonyl (C=O) groups excluding carboxylic acids is 1. The fourth-order valence-corrected chi connectivity index (χ4v) is 2.20. The zero-order valence-corrected chi connectivity index (χ0v) is 11.9. The van der Waals surface area contributed by atoms with Crippen molar-refractivity contribution in [1.29, 1.82) is 0 Å². The first-order valence-electron chi connectivity index (χ1n) is 6.41. The van der Waals surface area contributed by atoms with E-state index in [4.69, 9.17) is 4.42 Å². The van der Waals surface area contributed by atoms with Crippen molar-refractivity contribution in [3.8, 4) is 0 Å². The molecule has 1 aromatic carbocycles. The van der Waals surface area contributed by atoms with Gasteiger partial charge in [0.15, 0.2) is 0 Å². The Hall–Kier alpha value is -1.81. The largest absolute Gasteiger partial charge is 0.461 e. The van der Waals surface area contributed by atoms with Gasteiger partial charge in [0, 0.05) is 30.1 Å². The number of rotatable bonds is 4. The van der Waals surface area contributed by atoms with Crippen LogP contribution in [0.5, 0.6) is 0 Å². The predicted molar refractivity (Wildman–Crippen MR) is 77.5 cm³/mol. The standard InChI is InChI=1S/C15H20N2O2/c1-10-13(7-8-17(3)4)14-9-12(16-11(2)18)5-6-15(14)19-10/h5-6,9H,7-8H2,1-4H3,(H,16,18). The molecule has 0 atom stereocenters. The Morgan fingerprint density at radius 1 is 1.37 bits per heavy atom. The van der Waals surface area contributed by atoms with Crippen LogP contribution in [0.15, 0.2) is 22.6 Å². The first kappa shape index (κ1) is 13.6. The highest BCUT2D eigenvalue weighted by molar-refractivity contribution is 5.93. The maximum absolute atomic E-state index is 11.1. The maximum Gasteiger partial charge on any atom is 0.221 e. The van der Waals surface area contributed by atoms with Crippen LogP contribution in [0.3, 0.4) is 0 Å². The molecule has 102 valence electrons. The molecule has 0 unspecified atom stereocenters. The average molecular weight is 260 g/mol. The molecule has 0 fully saturated rings. The fraction of sp³-hybridized carbons (Fsp3) is 0.400. The van der Waals surface area contributed by atoms with E-state index in [0.29, 0.717) is 0 Å². The van der Waals surface area contributed by atoms with E-state index in [0.717, 1.165) is 35.4 Å². The molecule has 4 heteroatoms. The SMILES string of the molecule is CC(=O)Nc1ccc2oc(C)c(CCN(C)C)c2c1. The third-order valence-electron chi connectivity index (χ3n) is 3.12. The molecule has 1 heterocycles. The van der Waals surface area contributed by atoms with Gasteiger partial charge in [-0.15, -0.1) is 0 Å². The van der Waals surface area contributed by atoms with E-state index >= 15 is 0 Å². The topological polar surface area (TPSA) is 45.5 Å². The summed E-state index contributed by atoms with van der Waals surface area (Å²) >= 11 is 0. The first-order chi connectivity index (χ1) is 8.97. The van der Waals surface area contributed by atoms with Crippen molar-refractivity contribution in [3.63, 3.8) is 0 Å². The van der Waals surface area contributed by atoms with Gasteiger partial charge in [-0.1, -0.05) is 0 Å². The Kier molecular flexibility index (Phi) is 3.90. The van der Waals surface area contributed by atoms with Crippen molar-refractivity contribution in [2.24, 2.45) is 0 Å². The van der Waals surface area contributed by atoms with Crippen LogP contribution in [0.1, 0.15) is 18.2 Å². The average Bonchev–Trinajstić information content (AvgIpc) is 2.61. The molecule has 1 amide bonds. The number of amides is 1. The minimum Gasteiger partial charge on any atom is -0.461 e. The molecule has 4 nitrogen and oxygen atoms in total. The number of benzene rings is 1. The summed E-state index contributed by atoms with van der Waals surface area (Å²) in [5.74, 6) is 0.895. The normalized spacial score (nSPS) is 11.2. The number of hydrogen-bond donors (Lipinski definition) is 1. The Morgan fingerprint density at radius 3 is 2.74 bits per heavy atom. The highest BCUT2D eigenvalue weighted by Crippen LogP contribution is 2.28. The molecule has 1 N–H and O–H groups in total. The quantitative estimate of drug-likeness (QED) is 0.919. The van der Waals surface area contributed by atoms with E-state index in [1.807, 2.05) is 25.1 Å². The monoisotopic (exact) mass is 260 g/mol. The smallest absolute Gasteiger partial charge is 0.221 e. The van der Waals surface area contributed by atoms with Gasteiger partial charge in [-0.2, -0.15) is 0 Å². The summed E-state index contributed by atoms with van der Waals surface area (Å²) in [5, 5.41) is 3.90. The second kappa shape index (κ2) is 5.45. The zero-order chi connectivity index (χ0) is 14.0. The van der Waals surface area contributed by atoms with Gasteiger partial charge in [0.25, 0.3) is 0 Å². The second-order valence-corrected chi connectivity index (χ2v) is 5.08. The summed E-state index contributed by atoms with van der Waals surface area (Å²) in [4.78, 5) is 13.3. The van der Waals surface area contributed by atoms with Crippen molar-refractivity contribution in [2.75, 3.05) is 26.0 Å². The Bertz CT molecular complexity index is 599. The van der Waals surface area contributed by atoms with Gasteiger partial charge in [-0.3, -0.25) is 4.79 Å². The van der Waals surface area contributed by atoms with Gasteiger partial charge in [-0.25, -0.2) is 0 Å². The molecule has 1 aromatic heterocycles. The summed E-state index contributed by atoms with van der Waals surface area (Å²) < 4.78 is 5.76. The Labute approximate surface area is 113 Å². The molecular formula is C15H20N2O2. The van der Waals surface area contributed by atoms with Crippen molar-refractivity contribution in [1.82, 2.24) is 4.90 Å². The third kappa shape index (κ3) is 3.15. The summed E-state index contributed by atoms with van der Waals surface area (Å²) in [6.07, 6.45) is 0.940. The maximum atomic E-state index is 11.1. The van der Waals surface area contributed by atoms with E-state index in [9.17, 15) is 4.79 Å². The Balaban J connectivity index is 2.38. The molecule has 0 radical (unpaired) electrons. The van der Waals surface area contributed by atoms with Gasteiger partial charge in [0.1, 0.15) is 11.3 Å². The first-order valence-corrected chi connectivity index (χ1v) is 6.41. The molecule has 2 rings (SSSR count). The minimum absolute atomic E-state index is 0.0607. The number of nitrogens with zero attached hydrogens (tertiary/aromatic N) is 1. The highest BCUT2D eigenvalue weighted by atomic mass is 16.3. The molecular weight excluding hydrogens is 240 g/mol. The van der Waals surface area contributed by atoms with Crippen LogP contribution in [0, 0.1) is 6.92 Å². The number of anilines is 1. The second-order valence-electron chi connectivity index (χ2n) is 5.08. The minimum atomic E-state index is -0.0607. The van der Waals surface area contributed by atoms with Crippen LogP contribution in [-0.2, 0) is 11.2 Å². The van der Waals surface area contributed by atoms with E-state index in [2.05, 4.69) is 24.3 Å². The van der Waals surface area contributed by atoms with Gasteiger partial charge in [0.2, 0.25) is 5.91 Å². The van der Waals surface area contributed by atoms with Gasteiger partial charge in [0.05, 0.1) is 0 Å². The Morgan fingerprint density at radius 2 is 2.11 bits per heavy atom. The number of fused-ring (bicyclic) bond motifs is 1. The van der Waals surface area contributed by atoms with E-state index in [1.54, 1.807) is 0 Å². The van der Waals surface area contributed by atoms with Crippen LogP contribution in [0.4, 0.5) is 5.69 Å². The van der Waals surface area contributed by atoms with Crippen LogP contribution < -0.4 is 5.32 Å². The molecule has 0 aliphatic carbocycles. The van der Waals surface area contributed by atoms with Crippen LogP contribution in [0.25, 0.3) is 11.0 Å². The molecule has 2 aromatic rings. The van der Waals surface area contributed by atoms with Gasteiger partial charge >= 0.3 is 0 Å². The fourth-order valence-electron chi connectivity index (χ4n) is 2.20. The third-order valence-corrected chi connectivity index (χ3v) is 3.12. The molecule has 0 aliphatic rings. The van der Waals surface area contributed by atoms with Crippen molar-refractivity contribution >= 4 is 22.6 Å². The molecule has 0 saturated carbocycles.